The van der Waals surface area contributed by atoms with Crippen LogP contribution in [0.3, 0.4) is 0 Å². The third-order valence-electron chi connectivity index (χ3n) is 2.47. The molecule has 104 valence electrons. The lowest BCUT2D eigenvalue weighted by Gasteiger charge is -2.15. The lowest BCUT2D eigenvalue weighted by Crippen LogP contribution is -2.43. The molecule has 1 aliphatic rings. The monoisotopic (exact) mass is 261 g/mol. The molecule has 6 heteroatoms. The smallest absolute Gasteiger partial charge is 0.445 e. The first-order valence-corrected chi connectivity index (χ1v) is 5.85. The molecule has 0 aromatic carbocycles. The second-order valence-corrected chi connectivity index (χ2v) is 4.54. The minimum Gasteiger partial charge on any atom is -0.480 e. The Morgan fingerprint density at radius 1 is 1.56 bits per heavy atom. The summed E-state index contributed by atoms with van der Waals surface area (Å²) >= 11 is 0. The van der Waals surface area contributed by atoms with Gasteiger partial charge >= 0.3 is 12.1 Å². The molecule has 5 nitrogen and oxygen atoms in total. The second kappa shape index (κ2) is 8.49. The van der Waals surface area contributed by atoms with Crippen LogP contribution in [-0.4, -0.2) is 23.2 Å². The Labute approximate surface area is 106 Å². The van der Waals surface area contributed by atoms with Gasteiger partial charge in [-0.1, -0.05) is 19.9 Å². The number of carbonyl (C=O) groups excluding carboxylic acids is 1. The molecule has 0 spiro atoms. The molecule has 1 aliphatic carbocycles. The normalized spacial score (nSPS) is 15.1. The van der Waals surface area contributed by atoms with Crippen molar-refractivity contribution < 1.29 is 24.2 Å². The molecule has 0 aliphatic heterocycles. The molecule has 1 unspecified atom stereocenters. The maximum atomic E-state index is 11.2. The largest absolute Gasteiger partial charge is 0.480 e. The molecule has 1 amide bonds. The van der Waals surface area contributed by atoms with Crippen LogP contribution in [-0.2, 0) is 9.74 Å². The molecule has 1 atom stereocenters. The van der Waals surface area contributed by atoms with Gasteiger partial charge in [-0.25, -0.2) is 14.5 Å². The van der Waals surface area contributed by atoms with Crippen LogP contribution in [0.4, 0.5) is 9.32 Å². The van der Waals surface area contributed by atoms with E-state index in [4.69, 9.17) is 5.11 Å². The van der Waals surface area contributed by atoms with E-state index in [0.717, 1.165) is 5.92 Å². The van der Waals surface area contributed by atoms with Crippen LogP contribution < -0.4 is 5.32 Å². The predicted molar refractivity (Wildman–Crippen MR) is 64.5 cm³/mol. The number of nitrogens with one attached hydrogen (secondary N) is 1. The molecule has 0 saturated heterocycles. The Hall–Kier alpha value is -1.59. The number of hydrogen-bond donors (Lipinski definition) is 2. The number of rotatable bonds is 5. The van der Waals surface area contributed by atoms with E-state index in [1.807, 2.05) is 11.4 Å². The molecule has 18 heavy (non-hydrogen) atoms. The summed E-state index contributed by atoms with van der Waals surface area (Å²) in [6, 6.07) is -1.13. The van der Waals surface area contributed by atoms with E-state index in [1.54, 1.807) is 13.8 Å². The second-order valence-electron chi connectivity index (χ2n) is 4.54. The highest BCUT2D eigenvalue weighted by Crippen LogP contribution is 2.32. The highest BCUT2D eigenvalue weighted by molar-refractivity contribution is 5.79. The Bertz CT molecular complexity index is 290. The van der Waals surface area contributed by atoms with Crippen molar-refractivity contribution >= 4 is 12.1 Å². The molecule has 2 N–H and O–H groups in total. The summed E-state index contributed by atoms with van der Waals surface area (Å²) < 4.78 is 11.2. The summed E-state index contributed by atoms with van der Waals surface area (Å²) in [7, 11) is 0. The van der Waals surface area contributed by atoms with Gasteiger partial charge in [-0.15, -0.1) is 6.58 Å². The minimum atomic E-state index is -1.39. The maximum Gasteiger partial charge on any atom is 0.445 e. The first kappa shape index (κ1) is 16.4. The summed E-state index contributed by atoms with van der Waals surface area (Å²) in [6.45, 7) is 6.80. The average molecular weight is 261 g/mol. The van der Waals surface area contributed by atoms with Crippen molar-refractivity contribution in [2.75, 3.05) is 0 Å². The van der Waals surface area contributed by atoms with Gasteiger partial charge < -0.3 is 10.4 Å². The van der Waals surface area contributed by atoms with Crippen molar-refractivity contribution in [2.45, 2.75) is 39.2 Å². The number of carbonyl (C=O) groups is 2. The maximum absolute atomic E-state index is 11.2. The van der Waals surface area contributed by atoms with Crippen LogP contribution in [0, 0.1) is 11.8 Å². The molecular weight excluding hydrogens is 241 g/mol. The quantitative estimate of drug-likeness (QED) is 0.746. The summed E-state index contributed by atoms with van der Waals surface area (Å²) in [6.07, 6.45) is 4.77. The Morgan fingerprint density at radius 2 is 2.11 bits per heavy atom. The Morgan fingerprint density at radius 3 is 2.33 bits per heavy atom. The van der Waals surface area contributed by atoms with Crippen molar-refractivity contribution in [3.05, 3.63) is 12.7 Å². The van der Waals surface area contributed by atoms with E-state index >= 15 is 0 Å². The van der Waals surface area contributed by atoms with Crippen molar-refractivity contribution in [2.24, 2.45) is 11.8 Å². The van der Waals surface area contributed by atoms with Crippen molar-refractivity contribution in [1.29, 1.82) is 0 Å². The van der Waals surface area contributed by atoms with Gasteiger partial charge in [0.1, 0.15) is 6.04 Å². The number of carboxylic acids is 1. The van der Waals surface area contributed by atoms with Gasteiger partial charge in [0, 0.05) is 4.53 Å². The zero-order valence-electron chi connectivity index (χ0n) is 10.7. The van der Waals surface area contributed by atoms with Gasteiger partial charge in [-0.3, -0.25) is 0 Å². The van der Waals surface area contributed by atoms with E-state index in [2.05, 4.69) is 11.5 Å². The number of hydrogen-bond acceptors (Lipinski definition) is 3. The van der Waals surface area contributed by atoms with Gasteiger partial charge in [0.15, 0.2) is 0 Å². The van der Waals surface area contributed by atoms with Crippen LogP contribution in [0.2, 0.25) is 0 Å². The fourth-order valence-electron chi connectivity index (χ4n) is 1.25. The highest BCUT2D eigenvalue weighted by Gasteiger charge is 2.24. The Balaban J connectivity index is 0.000000397. The SMILES string of the molecule is C=CCC1CC1.CC(C)C(NC(=O)OF)C(=O)O. The number of aliphatic carboxylic acids is 1. The van der Waals surface area contributed by atoms with Gasteiger partial charge in [-0.2, -0.15) is 0 Å². The lowest BCUT2D eigenvalue weighted by molar-refractivity contribution is -0.141. The summed E-state index contributed by atoms with van der Waals surface area (Å²) in [5.74, 6) is -0.528. The zero-order chi connectivity index (χ0) is 14.1. The molecule has 0 aromatic heterocycles. The summed E-state index contributed by atoms with van der Waals surface area (Å²) in [5, 5.41) is 10.3. The molecule has 0 radical (unpaired) electrons. The van der Waals surface area contributed by atoms with E-state index in [1.165, 1.54) is 19.3 Å². The van der Waals surface area contributed by atoms with E-state index < -0.39 is 18.1 Å². The van der Waals surface area contributed by atoms with Crippen LogP contribution >= 0.6 is 0 Å². The molecular formula is C12H20FNO4. The fraction of sp³-hybridized carbons (Fsp3) is 0.667. The fourth-order valence-corrected chi connectivity index (χ4v) is 1.25. The van der Waals surface area contributed by atoms with Gasteiger partial charge in [0.2, 0.25) is 0 Å². The molecule has 0 aromatic rings. The topological polar surface area (TPSA) is 75.6 Å². The minimum absolute atomic E-state index is 0.332. The van der Waals surface area contributed by atoms with Gasteiger partial charge in [-0.05, 0) is 31.1 Å². The van der Waals surface area contributed by atoms with E-state index in [-0.39, 0.29) is 5.92 Å². The van der Waals surface area contributed by atoms with Crippen molar-refractivity contribution in [3.63, 3.8) is 0 Å². The first-order valence-electron chi connectivity index (χ1n) is 5.85. The lowest BCUT2D eigenvalue weighted by atomic mass is 10.1. The highest BCUT2D eigenvalue weighted by atomic mass is 19.3. The first-order chi connectivity index (χ1) is 8.42. The summed E-state index contributed by atoms with van der Waals surface area (Å²) in [5.41, 5.74) is 0. The molecule has 1 rings (SSSR count). The Kier molecular flexibility index (Phi) is 7.74. The standard InChI is InChI=1S/C6H10FNO4.C6H10/c1-3(2)4(5(9)10)8-6(11)12-7;1-2-3-6-4-5-6/h3-4H,1-2H3,(H,8,11)(H,9,10);2,6H,1,3-5H2. The number of halogens is 1. The molecule has 0 heterocycles. The van der Waals surface area contributed by atoms with Crippen LogP contribution in [0.5, 0.6) is 0 Å². The van der Waals surface area contributed by atoms with E-state index in [9.17, 15) is 14.1 Å². The zero-order valence-corrected chi connectivity index (χ0v) is 10.7. The van der Waals surface area contributed by atoms with E-state index in [0.29, 0.717) is 0 Å². The average Bonchev–Trinajstić information content (AvgIpc) is 3.10. The van der Waals surface area contributed by atoms with Gasteiger partial charge in [0.25, 0.3) is 0 Å². The number of carboxylic acid groups (broad SMARTS) is 1. The number of allylic oxidation sites excluding steroid dienone is 1. The van der Waals surface area contributed by atoms with Crippen LogP contribution in [0.15, 0.2) is 12.7 Å². The number of amides is 1. The van der Waals surface area contributed by atoms with Crippen molar-refractivity contribution in [3.8, 4) is 0 Å². The molecule has 0 bridgehead atoms. The van der Waals surface area contributed by atoms with Crippen LogP contribution in [0.1, 0.15) is 33.1 Å². The van der Waals surface area contributed by atoms with Crippen LogP contribution in [0.25, 0.3) is 0 Å². The third kappa shape index (κ3) is 7.65. The van der Waals surface area contributed by atoms with Gasteiger partial charge in [0.05, 0.1) is 0 Å². The summed E-state index contributed by atoms with van der Waals surface area (Å²) in [4.78, 5) is 23.4. The molecule has 1 saturated carbocycles. The predicted octanol–water partition coefficient (Wildman–Crippen LogP) is 2.68. The van der Waals surface area contributed by atoms with Crippen molar-refractivity contribution in [1.82, 2.24) is 5.32 Å². The molecule has 1 fully saturated rings. The third-order valence-corrected chi connectivity index (χ3v) is 2.47.